The summed E-state index contributed by atoms with van der Waals surface area (Å²) in [6.45, 7) is 0.936. The highest BCUT2D eigenvalue weighted by atomic mass is 35.5. The van der Waals surface area contributed by atoms with E-state index >= 15 is 0 Å². The number of ether oxygens (including phenoxy) is 1. The van der Waals surface area contributed by atoms with Crippen molar-refractivity contribution in [3.63, 3.8) is 0 Å². The molecule has 3 aromatic rings. The topological polar surface area (TPSA) is 95.1 Å². The number of halogens is 1. The zero-order chi connectivity index (χ0) is 19.9. The van der Waals surface area contributed by atoms with Gasteiger partial charge in [-0.25, -0.2) is 4.68 Å². The van der Waals surface area contributed by atoms with E-state index in [4.69, 9.17) is 22.2 Å². The fourth-order valence-corrected chi connectivity index (χ4v) is 3.48. The molecule has 0 saturated carbocycles. The number of carbonyl (C=O) groups excluding carboxylic acids is 1. The Bertz CT molecular complexity index is 963. The van der Waals surface area contributed by atoms with Crippen molar-refractivity contribution in [3.05, 3.63) is 64.7 Å². The van der Waals surface area contributed by atoms with Crippen LogP contribution in [0.25, 0.3) is 11.4 Å². The van der Waals surface area contributed by atoms with Crippen molar-refractivity contribution in [2.75, 3.05) is 18.7 Å². The Hall–Kier alpha value is -2.55. The Labute approximate surface area is 172 Å². The number of rotatable bonds is 8. The van der Waals surface area contributed by atoms with E-state index in [0.717, 1.165) is 16.7 Å². The monoisotopic (exact) mass is 417 g/mol. The number of hydrogen-bond acceptors (Lipinski definition) is 6. The van der Waals surface area contributed by atoms with E-state index in [1.54, 1.807) is 19.2 Å². The lowest BCUT2D eigenvalue weighted by atomic mass is 10.1. The molecule has 0 bridgehead atoms. The molecule has 9 heteroatoms. The fourth-order valence-electron chi connectivity index (χ4n) is 2.60. The van der Waals surface area contributed by atoms with Crippen molar-refractivity contribution in [1.29, 1.82) is 0 Å². The number of thioether (sulfide) groups is 1. The second kappa shape index (κ2) is 9.59. The summed E-state index contributed by atoms with van der Waals surface area (Å²) < 4.78 is 6.54. The molecule has 2 aromatic carbocycles. The van der Waals surface area contributed by atoms with Crippen molar-refractivity contribution < 1.29 is 9.53 Å². The van der Waals surface area contributed by atoms with Gasteiger partial charge in [-0.2, -0.15) is 0 Å². The molecule has 0 unspecified atom stereocenters. The minimum atomic E-state index is -0.121. The molecular formula is C19H20ClN5O2S. The van der Waals surface area contributed by atoms with Crippen LogP contribution in [0.2, 0.25) is 5.02 Å². The number of carbonyl (C=O) groups is 1. The van der Waals surface area contributed by atoms with Gasteiger partial charge in [0.25, 0.3) is 0 Å². The summed E-state index contributed by atoms with van der Waals surface area (Å²) in [4.78, 5) is 12.2. The lowest BCUT2D eigenvalue weighted by Gasteiger charge is -2.10. The maximum atomic E-state index is 12.2. The summed E-state index contributed by atoms with van der Waals surface area (Å²) in [6, 6.07) is 15.0. The molecule has 146 valence electrons. The minimum absolute atomic E-state index is 0.121. The second-order valence-electron chi connectivity index (χ2n) is 5.95. The zero-order valence-corrected chi connectivity index (χ0v) is 16.8. The van der Waals surface area contributed by atoms with E-state index in [9.17, 15) is 4.79 Å². The average Bonchev–Trinajstić information content (AvgIpc) is 3.06. The molecule has 0 fully saturated rings. The first kappa shape index (κ1) is 20.2. The molecule has 28 heavy (non-hydrogen) atoms. The quantitative estimate of drug-likeness (QED) is 0.432. The summed E-state index contributed by atoms with van der Waals surface area (Å²) in [5.41, 5.74) is 2.83. The van der Waals surface area contributed by atoms with E-state index < -0.39 is 0 Å². The smallest absolute Gasteiger partial charge is 0.230 e. The summed E-state index contributed by atoms with van der Waals surface area (Å²) in [5, 5.41) is 12.1. The highest BCUT2D eigenvalue weighted by molar-refractivity contribution is 7.99. The van der Waals surface area contributed by atoms with Crippen LogP contribution >= 0.6 is 23.4 Å². The van der Waals surface area contributed by atoms with Crippen LogP contribution < -0.4 is 11.2 Å². The molecule has 0 aliphatic rings. The third-order valence-corrected chi connectivity index (χ3v) is 5.15. The normalized spacial score (nSPS) is 10.8. The summed E-state index contributed by atoms with van der Waals surface area (Å²) in [7, 11) is 1.65. The number of nitrogens with one attached hydrogen (secondary N) is 1. The zero-order valence-electron chi connectivity index (χ0n) is 15.3. The molecule has 3 N–H and O–H groups in total. The van der Waals surface area contributed by atoms with Crippen molar-refractivity contribution in [1.82, 2.24) is 20.2 Å². The van der Waals surface area contributed by atoms with Crippen molar-refractivity contribution in [3.8, 4) is 11.4 Å². The van der Waals surface area contributed by atoms with Gasteiger partial charge in [0.05, 0.1) is 12.4 Å². The maximum Gasteiger partial charge on any atom is 0.230 e. The molecule has 7 nitrogen and oxygen atoms in total. The minimum Gasteiger partial charge on any atom is -0.380 e. The first-order chi connectivity index (χ1) is 13.6. The third-order valence-electron chi connectivity index (χ3n) is 3.97. The Balaban J connectivity index is 1.57. The number of methoxy groups -OCH3 is 1. The number of nitrogens with two attached hydrogens (primary N) is 1. The molecule has 1 amide bonds. The van der Waals surface area contributed by atoms with Crippen molar-refractivity contribution in [2.24, 2.45) is 0 Å². The molecule has 0 aliphatic carbocycles. The first-order valence-corrected chi connectivity index (χ1v) is 9.86. The maximum absolute atomic E-state index is 12.2. The largest absolute Gasteiger partial charge is 0.380 e. The van der Waals surface area contributed by atoms with E-state index in [2.05, 4.69) is 15.5 Å². The standard InChI is InChI=1S/C19H20ClN5O2S/c1-27-11-15-6-3-2-5-14(15)10-22-17(26)12-28-19-24-23-18(25(19)21)13-7-4-8-16(20)9-13/h2-9H,10-12,21H2,1H3,(H,22,26). The Morgan fingerprint density at radius 3 is 2.75 bits per heavy atom. The van der Waals surface area contributed by atoms with Crippen molar-refractivity contribution >= 4 is 29.3 Å². The number of amides is 1. The third kappa shape index (κ3) is 5.03. The Morgan fingerprint density at radius 2 is 2.00 bits per heavy atom. The van der Waals surface area contributed by atoms with Gasteiger partial charge in [-0.1, -0.05) is 59.8 Å². The van der Waals surface area contributed by atoms with E-state index in [-0.39, 0.29) is 11.7 Å². The number of benzene rings is 2. The molecule has 0 saturated heterocycles. The van der Waals surface area contributed by atoms with Gasteiger partial charge in [0.2, 0.25) is 11.1 Å². The summed E-state index contributed by atoms with van der Waals surface area (Å²) >= 11 is 7.23. The van der Waals surface area contributed by atoms with Crippen LogP contribution in [0.3, 0.4) is 0 Å². The van der Waals surface area contributed by atoms with Crippen LogP contribution in [0.5, 0.6) is 0 Å². The molecule has 1 aromatic heterocycles. The number of hydrogen-bond donors (Lipinski definition) is 2. The number of nitrogen functional groups attached to an aromatic ring is 1. The molecule has 0 aliphatic heterocycles. The van der Waals surface area contributed by atoms with Crippen LogP contribution in [0, 0.1) is 0 Å². The van der Waals surface area contributed by atoms with Crippen LogP contribution in [0.15, 0.2) is 53.7 Å². The molecule has 0 spiro atoms. The van der Waals surface area contributed by atoms with E-state index in [1.165, 1.54) is 16.4 Å². The lowest BCUT2D eigenvalue weighted by molar-refractivity contribution is -0.118. The van der Waals surface area contributed by atoms with Gasteiger partial charge >= 0.3 is 0 Å². The van der Waals surface area contributed by atoms with Gasteiger partial charge in [0.15, 0.2) is 5.82 Å². The molecule has 1 heterocycles. The number of aromatic nitrogens is 3. The van der Waals surface area contributed by atoms with E-state index in [1.807, 2.05) is 36.4 Å². The highest BCUT2D eigenvalue weighted by Crippen LogP contribution is 2.23. The fraction of sp³-hybridized carbons (Fsp3) is 0.211. The van der Waals surface area contributed by atoms with Crippen LogP contribution in [0.1, 0.15) is 11.1 Å². The van der Waals surface area contributed by atoms with Gasteiger partial charge in [0.1, 0.15) is 0 Å². The predicted octanol–water partition coefficient (Wildman–Crippen LogP) is 2.87. The van der Waals surface area contributed by atoms with Gasteiger partial charge in [-0.3, -0.25) is 4.79 Å². The highest BCUT2D eigenvalue weighted by Gasteiger charge is 2.14. The van der Waals surface area contributed by atoms with Crippen LogP contribution in [-0.4, -0.2) is 33.6 Å². The Morgan fingerprint density at radius 1 is 1.21 bits per heavy atom. The van der Waals surface area contributed by atoms with Crippen LogP contribution in [-0.2, 0) is 22.7 Å². The summed E-state index contributed by atoms with van der Waals surface area (Å²) in [6.07, 6.45) is 0. The second-order valence-corrected chi connectivity index (χ2v) is 7.33. The van der Waals surface area contributed by atoms with Crippen molar-refractivity contribution in [2.45, 2.75) is 18.3 Å². The molecule has 0 atom stereocenters. The first-order valence-electron chi connectivity index (χ1n) is 8.50. The van der Waals surface area contributed by atoms with Gasteiger partial charge in [0, 0.05) is 24.2 Å². The van der Waals surface area contributed by atoms with Gasteiger partial charge in [-0.05, 0) is 23.3 Å². The van der Waals surface area contributed by atoms with Gasteiger partial charge < -0.3 is 15.9 Å². The SMILES string of the molecule is COCc1ccccc1CNC(=O)CSc1nnc(-c2cccc(Cl)c2)n1N. The number of nitrogens with zero attached hydrogens (tertiary/aromatic N) is 3. The van der Waals surface area contributed by atoms with Crippen LogP contribution in [0.4, 0.5) is 0 Å². The summed E-state index contributed by atoms with van der Waals surface area (Å²) in [5.74, 6) is 6.61. The predicted molar refractivity (Wildman–Crippen MR) is 110 cm³/mol. The lowest BCUT2D eigenvalue weighted by Crippen LogP contribution is -2.25. The van der Waals surface area contributed by atoms with Gasteiger partial charge in [-0.15, -0.1) is 10.2 Å². The molecule has 0 radical (unpaired) electrons. The van der Waals surface area contributed by atoms with E-state index in [0.29, 0.717) is 29.2 Å². The molecule has 3 rings (SSSR count). The Kier molecular flexibility index (Phi) is 6.91. The average molecular weight is 418 g/mol. The molecular weight excluding hydrogens is 398 g/mol.